The number of benzene rings is 2. The molecule has 0 amide bonds. The number of phenols is 1. The topological polar surface area (TPSA) is 87.6 Å². The Morgan fingerprint density at radius 3 is 2.71 bits per heavy atom. The van der Waals surface area contributed by atoms with Gasteiger partial charge in [-0.15, -0.1) is 0 Å². The molecule has 0 fully saturated rings. The average Bonchev–Trinajstić information content (AvgIpc) is 3.16. The molecule has 2 heterocycles. The predicted octanol–water partition coefficient (Wildman–Crippen LogP) is 5.44. The summed E-state index contributed by atoms with van der Waals surface area (Å²) in [4.78, 5) is 18.7. The molecule has 0 radical (unpaired) electrons. The van der Waals surface area contributed by atoms with Gasteiger partial charge in [-0.05, 0) is 36.8 Å². The van der Waals surface area contributed by atoms with E-state index >= 15 is 0 Å². The van der Waals surface area contributed by atoms with Crippen LogP contribution in [-0.4, -0.2) is 22.2 Å². The highest BCUT2D eigenvalue weighted by atomic mass is 16.5. The lowest BCUT2D eigenvalue weighted by Crippen LogP contribution is -1.91. The van der Waals surface area contributed by atoms with E-state index in [0.29, 0.717) is 5.56 Å². The molecule has 2 aromatic heterocycles. The fraction of sp³-hybridized carbons (Fsp3) is 0.136. The molecule has 2 N–H and O–H groups in total. The number of aromatic hydroxyl groups is 1. The van der Waals surface area contributed by atoms with Gasteiger partial charge < -0.3 is 14.8 Å². The number of fused-ring (bicyclic) bond motifs is 1. The fourth-order valence-corrected chi connectivity index (χ4v) is 3.38. The average molecular weight is 373 g/mol. The molecule has 6 nitrogen and oxygen atoms in total. The van der Waals surface area contributed by atoms with Crippen LogP contribution in [0.5, 0.6) is 11.5 Å². The first-order valence-electron chi connectivity index (χ1n) is 8.88. The zero-order valence-electron chi connectivity index (χ0n) is 15.5. The summed E-state index contributed by atoms with van der Waals surface area (Å²) in [5, 5.41) is 14.0. The molecule has 6 heteroatoms. The van der Waals surface area contributed by atoms with Crippen molar-refractivity contribution in [3.63, 3.8) is 0 Å². The number of nitrogens with one attached hydrogen (secondary N) is 1. The molecule has 140 valence electrons. The molecule has 4 aromatic rings. The van der Waals surface area contributed by atoms with Gasteiger partial charge in [0, 0.05) is 40.0 Å². The van der Waals surface area contributed by atoms with Crippen LogP contribution in [0, 0.1) is 4.91 Å². The van der Waals surface area contributed by atoms with Crippen LogP contribution in [0.3, 0.4) is 0 Å². The maximum absolute atomic E-state index is 10.9. The van der Waals surface area contributed by atoms with Crippen LogP contribution in [0.1, 0.15) is 18.5 Å². The summed E-state index contributed by atoms with van der Waals surface area (Å²) in [5.74, 6) is 0.841. The van der Waals surface area contributed by atoms with E-state index in [4.69, 9.17) is 4.74 Å². The number of H-pyrrole nitrogens is 1. The van der Waals surface area contributed by atoms with E-state index in [0.717, 1.165) is 39.0 Å². The number of hydrogen-bond donors (Lipinski definition) is 2. The lowest BCUT2D eigenvalue weighted by Gasteiger charge is -2.10. The first-order valence-corrected chi connectivity index (χ1v) is 8.88. The normalized spacial score (nSPS) is 12.1. The van der Waals surface area contributed by atoms with E-state index in [1.54, 1.807) is 38.4 Å². The maximum Gasteiger partial charge on any atom is 0.137 e. The highest BCUT2D eigenvalue weighted by molar-refractivity contribution is 5.97. The summed E-state index contributed by atoms with van der Waals surface area (Å²) < 4.78 is 5.50. The smallest absolute Gasteiger partial charge is 0.137 e. The second-order valence-corrected chi connectivity index (χ2v) is 6.58. The second kappa shape index (κ2) is 7.15. The standard InChI is InChI=1S/C22H19N3O3/c1-13(25-27)17-9-14(7-8-20(17)26)15-10-18-19(12-24-22(18)23-11-15)16-5-3-4-6-21(16)28-2/h3-13,26H,1-2H3,(H,23,24). The van der Waals surface area contributed by atoms with Gasteiger partial charge >= 0.3 is 0 Å². The monoisotopic (exact) mass is 373 g/mol. The van der Waals surface area contributed by atoms with E-state index in [1.807, 2.05) is 36.5 Å². The van der Waals surface area contributed by atoms with Gasteiger partial charge in [-0.3, -0.25) is 0 Å². The summed E-state index contributed by atoms with van der Waals surface area (Å²) >= 11 is 0. The molecule has 0 aliphatic carbocycles. The zero-order chi connectivity index (χ0) is 19.7. The van der Waals surface area contributed by atoms with Crippen molar-refractivity contribution >= 4 is 11.0 Å². The number of methoxy groups -OCH3 is 1. The third-order valence-corrected chi connectivity index (χ3v) is 4.90. The molecule has 1 atom stereocenters. The van der Waals surface area contributed by atoms with Gasteiger partial charge in [0.25, 0.3) is 0 Å². The SMILES string of the molecule is COc1ccccc1-c1c[nH]c2ncc(-c3ccc(O)c(C(C)N=O)c3)cc12. The Bertz CT molecular complexity index is 1170. The van der Waals surface area contributed by atoms with Crippen molar-refractivity contribution in [3.05, 3.63) is 71.4 Å². The molecule has 0 aliphatic rings. The van der Waals surface area contributed by atoms with Gasteiger partial charge in [0.15, 0.2) is 0 Å². The van der Waals surface area contributed by atoms with Crippen LogP contribution in [0.25, 0.3) is 33.3 Å². The van der Waals surface area contributed by atoms with E-state index in [9.17, 15) is 10.0 Å². The van der Waals surface area contributed by atoms with Crippen LogP contribution < -0.4 is 4.74 Å². The minimum absolute atomic E-state index is 0.0567. The summed E-state index contributed by atoms with van der Waals surface area (Å²) in [5.41, 5.74) is 4.95. The van der Waals surface area contributed by atoms with Gasteiger partial charge in [-0.1, -0.05) is 29.4 Å². The van der Waals surface area contributed by atoms with Crippen molar-refractivity contribution < 1.29 is 9.84 Å². The van der Waals surface area contributed by atoms with E-state index in [1.165, 1.54) is 0 Å². The van der Waals surface area contributed by atoms with Gasteiger partial charge in [-0.25, -0.2) is 4.98 Å². The van der Waals surface area contributed by atoms with E-state index in [-0.39, 0.29) is 5.75 Å². The van der Waals surface area contributed by atoms with Gasteiger partial charge in [0.2, 0.25) is 0 Å². The Balaban J connectivity index is 1.86. The van der Waals surface area contributed by atoms with Crippen molar-refractivity contribution in [3.8, 4) is 33.8 Å². The Morgan fingerprint density at radius 2 is 1.93 bits per heavy atom. The van der Waals surface area contributed by atoms with Crippen molar-refractivity contribution in [1.29, 1.82) is 0 Å². The zero-order valence-corrected chi connectivity index (χ0v) is 15.5. The number of aromatic nitrogens is 2. The Kier molecular flexibility index (Phi) is 4.53. The first-order chi connectivity index (χ1) is 13.6. The first kappa shape index (κ1) is 17.7. The summed E-state index contributed by atoms with van der Waals surface area (Å²) in [6.45, 7) is 1.65. The lowest BCUT2D eigenvalue weighted by atomic mass is 9.98. The lowest BCUT2D eigenvalue weighted by molar-refractivity contribution is 0.416. The number of pyridine rings is 1. The third-order valence-electron chi connectivity index (χ3n) is 4.90. The largest absolute Gasteiger partial charge is 0.508 e. The van der Waals surface area contributed by atoms with Crippen molar-refractivity contribution in [2.45, 2.75) is 13.0 Å². The van der Waals surface area contributed by atoms with Crippen molar-refractivity contribution in [1.82, 2.24) is 9.97 Å². The number of nitrogens with zero attached hydrogens (tertiary/aromatic N) is 2. The molecule has 0 aliphatic heterocycles. The van der Waals surface area contributed by atoms with Crippen molar-refractivity contribution in [2.24, 2.45) is 5.18 Å². The molecule has 0 bridgehead atoms. The number of hydrogen-bond acceptors (Lipinski definition) is 5. The molecule has 0 spiro atoms. The van der Waals surface area contributed by atoms with E-state index in [2.05, 4.69) is 15.1 Å². The summed E-state index contributed by atoms with van der Waals surface area (Å²) in [6.07, 6.45) is 3.68. The number of nitroso groups, excluding NO2 is 1. The highest BCUT2D eigenvalue weighted by Gasteiger charge is 2.15. The molecular weight excluding hydrogens is 354 g/mol. The van der Waals surface area contributed by atoms with Crippen LogP contribution in [0.4, 0.5) is 0 Å². The minimum atomic E-state index is -0.631. The quantitative estimate of drug-likeness (QED) is 0.456. The maximum atomic E-state index is 10.9. The predicted molar refractivity (Wildman–Crippen MR) is 109 cm³/mol. The number of rotatable bonds is 5. The fourth-order valence-electron chi connectivity index (χ4n) is 3.38. The highest BCUT2D eigenvalue weighted by Crippen LogP contribution is 2.37. The van der Waals surface area contributed by atoms with Gasteiger partial charge in [0.05, 0.1) is 7.11 Å². The number of aromatic amines is 1. The number of para-hydroxylation sites is 1. The Labute approximate surface area is 161 Å². The third kappa shape index (κ3) is 2.99. The molecule has 28 heavy (non-hydrogen) atoms. The molecule has 0 saturated heterocycles. The van der Waals surface area contributed by atoms with Gasteiger partial charge in [0.1, 0.15) is 23.2 Å². The molecule has 4 rings (SSSR count). The molecule has 1 unspecified atom stereocenters. The van der Waals surface area contributed by atoms with E-state index < -0.39 is 6.04 Å². The minimum Gasteiger partial charge on any atom is -0.508 e. The Hall–Kier alpha value is -3.67. The van der Waals surface area contributed by atoms with Crippen LogP contribution in [0.2, 0.25) is 0 Å². The van der Waals surface area contributed by atoms with Gasteiger partial charge in [-0.2, -0.15) is 4.91 Å². The van der Waals surface area contributed by atoms with Crippen LogP contribution in [0.15, 0.2) is 66.1 Å². The number of ether oxygens (including phenoxy) is 1. The Morgan fingerprint density at radius 1 is 1.11 bits per heavy atom. The van der Waals surface area contributed by atoms with Crippen LogP contribution in [-0.2, 0) is 0 Å². The molecule has 0 saturated carbocycles. The van der Waals surface area contributed by atoms with Crippen molar-refractivity contribution in [2.75, 3.05) is 7.11 Å². The molecule has 2 aromatic carbocycles. The second-order valence-electron chi connectivity index (χ2n) is 6.58. The number of phenolic OH excluding ortho intramolecular Hbond substituents is 1. The molecular formula is C22H19N3O3. The summed E-state index contributed by atoms with van der Waals surface area (Å²) in [6, 6.07) is 14.4. The van der Waals surface area contributed by atoms with Crippen LogP contribution >= 0.6 is 0 Å². The summed E-state index contributed by atoms with van der Waals surface area (Å²) in [7, 11) is 1.65.